The van der Waals surface area contributed by atoms with Crippen LogP contribution in [0.25, 0.3) is 0 Å². The molecule has 0 bridgehead atoms. The zero-order chi connectivity index (χ0) is 11.7. The number of nitrogens with one attached hydrogen (secondary N) is 1. The summed E-state index contributed by atoms with van der Waals surface area (Å²) in [6.45, 7) is 7.25. The Morgan fingerprint density at radius 2 is 1.87 bits per heavy atom. The van der Waals surface area contributed by atoms with Gasteiger partial charge in [0.1, 0.15) is 0 Å². The second kappa shape index (κ2) is 8.33. The number of hydrogen-bond donors (Lipinski definition) is 1. The summed E-state index contributed by atoms with van der Waals surface area (Å²) >= 11 is 5.44. The minimum absolute atomic E-state index is 0.120. The quantitative estimate of drug-likeness (QED) is 0.623. The Hall–Kier alpha value is 0.160. The molecule has 0 rings (SSSR count). The molecule has 0 saturated heterocycles. The lowest BCUT2D eigenvalue weighted by molar-refractivity contribution is 0.309. The molecule has 0 amide bonds. The van der Waals surface area contributed by atoms with Crippen molar-refractivity contribution in [2.45, 2.75) is 20.3 Å². The molecule has 0 aliphatic carbocycles. The Morgan fingerprint density at radius 3 is 2.33 bits per heavy atom. The van der Waals surface area contributed by atoms with E-state index in [0.29, 0.717) is 18.8 Å². The number of hydrogen-bond acceptors (Lipinski definition) is 3. The van der Waals surface area contributed by atoms with Gasteiger partial charge in [-0.25, -0.2) is 13.1 Å². The minimum atomic E-state index is -3.12. The SMILES string of the molecule is CCN(CC)CCNS(=O)(=O)CCCCl. The van der Waals surface area contributed by atoms with Crippen LogP contribution in [0.3, 0.4) is 0 Å². The van der Waals surface area contributed by atoms with Gasteiger partial charge in [0, 0.05) is 19.0 Å². The molecule has 92 valence electrons. The Bertz CT molecular complexity index is 240. The maximum Gasteiger partial charge on any atom is 0.211 e. The summed E-state index contributed by atoms with van der Waals surface area (Å²) in [6, 6.07) is 0. The zero-order valence-corrected chi connectivity index (χ0v) is 11.1. The third kappa shape index (κ3) is 8.02. The minimum Gasteiger partial charge on any atom is -0.303 e. The maximum atomic E-state index is 11.4. The maximum absolute atomic E-state index is 11.4. The van der Waals surface area contributed by atoms with Crippen molar-refractivity contribution < 1.29 is 8.42 Å². The molecule has 15 heavy (non-hydrogen) atoms. The van der Waals surface area contributed by atoms with Gasteiger partial charge in [0.15, 0.2) is 0 Å². The van der Waals surface area contributed by atoms with Gasteiger partial charge in [-0.15, -0.1) is 11.6 Å². The molecule has 0 unspecified atom stereocenters. The van der Waals surface area contributed by atoms with Crippen molar-refractivity contribution in [2.24, 2.45) is 0 Å². The Balaban J connectivity index is 3.74. The first-order chi connectivity index (χ1) is 7.05. The third-order valence-corrected chi connectivity index (χ3v) is 3.93. The molecule has 0 aromatic carbocycles. The van der Waals surface area contributed by atoms with Gasteiger partial charge in [-0.1, -0.05) is 13.8 Å². The standard InChI is InChI=1S/C9H21ClN2O2S/c1-3-12(4-2)8-7-11-15(13,14)9-5-6-10/h11H,3-9H2,1-2H3. The van der Waals surface area contributed by atoms with E-state index in [1.807, 2.05) is 0 Å². The van der Waals surface area contributed by atoms with Crippen molar-refractivity contribution in [3.63, 3.8) is 0 Å². The van der Waals surface area contributed by atoms with Crippen LogP contribution in [0.15, 0.2) is 0 Å². The summed E-state index contributed by atoms with van der Waals surface area (Å²) in [5, 5.41) is 0. The van der Waals surface area contributed by atoms with E-state index >= 15 is 0 Å². The molecule has 0 spiro atoms. The normalized spacial score (nSPS) is 12.3. The van der Waals surface area contributed by atoms with E-state index in [-0.39, 0.29) is 5.75 Å². The summed E-state index contributed by atoms with van der Waals surface area (Å²) in [4.78, 5) is 2.17. The van der Waals surface area contributed by atoms with Crippen LogP contribution >= 0.6 is 11.6 Å². The number of sulfonamides is 1. The molecule has 0 aromatic heterocycles. The van der Waals surface area contributed by atoms with E-state index in [4.69, 9.17) is 11.6 Å². The molecule has 1 N–H and O–H groups in total. The highest BCUT2D eigenvalue weighted by Crippen LogP contribution is 1.92. The van der Waals surface area contributed by atoms with E-state index in [1.165, 1.54) is 0 Å². The highest BCUT2D eigenvalue weighted by atomic mass is 35.5. The molecular formula is C9H21ClN2O2S. The fourth-order valence-electron chi connectivity index (χ4n) is 1.22. The first kappa shape index (κ1) is 15.2. The second-order valence-corrected chi connectivity index (χ2v) is 5.59. The molecule has 4 nitrogen and oxygen atoms in total. The first-order valence-corrected chi connectivity index (χ1v) is 7.50. The van der Waals surface area contributed by atoms with Crippen LogP contribution in [0.1, 0.15) is 20.3 Å². The van der Waals surface area contributed by atoms with Gasteiger partial charge in [-0.3, -0.25) is 0 Å². The van der Waals surface area contributed by atoms with Crippen molar-refractivity contribution in [3.8, 4) is 0 Å². The monoisotopic (exact) mass is 256 g/mol. The first-order valence-electron chi connectivity index (χ1n) is 5.31. The molecule has 0 atom stereocenters. The molecule has 0 saturated carbocycles. The Kier molecular flexibility index (Phi) is 8.42. The average molecular weight is 257 g/mol. The number of likely N-dealkylation sites (N-methyl/N-ethyl adjacent to an activating group) is 1. The fourth-order valence-corrected chi connectivity index (χ4v) is 2.58. The van der Waals surface area contributed by atoms with E-state index in [1.54, 1.807) is 0 Å². The smallest absolute Gasteiger partial charge is 0.211 e. The predicted octanol–water partition coefficient (Wildman–Crippen LogP) is 0.876. The van der Waals surface area contributed by atoms with Gasteiger partial charge in [-0.2, -0.15) is 0 Å². The van der Waals surface area contributed by atoms with Gasteiger partial charge in [0.05, 0.1) is 5.75 Å². The topological polar surface area (TPSA) is 49.4 Å². The third-order valence-electron chi connectivity index (χ3n) is 2.19. The second-order valence-electron chi connectivity index (χ2n) is 3.28. The van der Waals surface area contributed by atoms with Crippen molar-refractivity contribution >= 4 is 21.6 Å². The van der Waals surface area contributed by atoms with Gasteiger partial charge < -0.3 is 4.90 Å². The molecule has 0 aliphatic heterocycles. The van der Waals surface area contributed by atoms with Crippen LogP contribution in [0.5, 0.6) is 0 Å². The summed E-state index contributed by atoms with van der Waals surface area (Å²) in [5.41, 5.74) is 0. The van der Waals surface area contributed by atoms with Gasteiger partial charge in [0.25, 0.3) is 0 Å². The molecule has 6 heteroatoms. The van der Waals surface area contributed by atoms with Crippen LogP contribution in [0.2, 0.25) is 0 Å². The fraction of sp³-hybridized carbons (Fsp3) is 1.00. The lowest BCUT2D eigenvalue weighted by atomic mass is 10.5. The Labute approximate surface area is 98.0 Å². The molecule has 0 fully saturated rings. The van der Waals surface area contributed by atoms with E-state index in [9.17, 15) is 8.42 Å². The number of alkyl halides is 1. The molecule has 0 heterocycles. The lowest BCUT2D eigenvalue weighted by Gasteiger charge is -2.17. The zero-order valence-electron chi connectivity index (χ0n) is 9.50. The van der Waals surface area contributed by atoms with Crippen molar-refractivity contribution in [1.29, 1.82) is 0 Å². The van der Waals surface area contributed by atoms with Gasteiger partial charge >= 0.3 is 0 Å². The highest BCUT2D eigenvalue weighted by Gasteiger charge is 2.09. The lowest BCUT2D eigenvalue weighted by Crippen LogP contribution is -2.35. The average Bonchev–Trinajstić information content (AvgIpc) is 2.22. The van der Waals surface area contributed by atoms with Crippen LogP contribution in [0.4, 0.5) is 0 Å². The summed E-state index contributed by atoms with van der Waals surface area (Å²) in [7, 11) is -3.12. The molecule has 0 radical (unpaired) electrons. The predicted molar refractivity (Wildman–Crippen MR) is 64.9 cm³/mol. The molecular weight excluding hydrogens is 236 g/mol. The molecule has 0 aromatic rings. The van der Waals surface area contributed by atoms with Gasteiger partial charge in [0.2, 0.25) is 10.0 Å². The van der Waals surface area contributed by atoms with E-state index < -0.39 is 10.0 Å². The van der Waals surface area contributed by atoms with Crippen molar-refractivity contribution in [2.75, 3.05) is 37.8 Å². The van der Waals surface area contributed by atoms with E-state index in [0.717, 1.165) is 19.6 Å². The summed E-state index contributed by atoms with van der Waals surface area (Å²) < 4.78 is 25.3. The van der Waals surface area contributed by atoms with Crippen LogP contribution in [-0.4, -0.2) is 51.1 Å². The van der Waals surface area contributed by atoms with Crippen molar-refractivity contribution in [3.05, 3.63) is 0 Å². The summed E-state index contributed by atoms with van der Waals surface area (Å²) in [5.74, 6) is 0.506. The van der Waals surface area contributed by atoms with Crippen LogP contribution in [-0.2, 0) is 10.0 Å². The van der Waals surface area contributed by atoms with E-state index in [2.05, 4.69) is 23.5 Å². The largest absolute Gasteiger partial charge is 0.303 e. The number of rotatable bonds is 9. The highest BCUT2D eigenvalue weighted by molar-refractivity contribution is 7.89. The number of nitrogens with zero attached hydrogens (tertiary/aromatic N) is 1. The van der Waals surface area contributed by atoms with Crippen LogP contribution < -0.4 is 4.72 Å². The van der Waals surface area contributed by atoms with Crippen LogP contribution in [0, 0.1) is 0 Å². The Morgan fingerprint density at radius 1 is 1.27 bits per heavy atom. The van der Waals surface area contributed by atoms with Gasteiger partial charge in [-0.05, 0) is 19.5 Å². The molecule has 0 aliphatic rings. The van der Waals surface area contributed by atoms with Crippen molar-refractivity contribution in [1.82, 2.24) is 9.62 Å². The number of halogens is 1. The summed E-state index contributed by atoms with van der Waals surface area (Å²) in [6.07, 6.45) is 0.502.